The van der Waals surface area contributed by atoms with E-state index < -0.39 is 5.82 Å². The predicted molar refractivity (Wildman–Crippen MR) is 135 cm³/mol. The molecule has 0 spiro atoms. The van der Waals surface area contributed by atoms with Crippen LogP contribution in [0.4, 0.5) is 10.2 Å². The fraction of sp³-hybridized carbons (Fsp3) is 0.231. The van der Waals surface area contributed by atoms with Gasteiger partial charge in [0.25, 0.3) is 5.91 Å². The average Bonchev–Trinajstić information content (AvgIpc) is 3.52. The summed E-state index contributed by atoms with van der Waals surface area (Å²) in [5, 5.41) is 9.66. The highest BCUT2D eigenvalue weighted by Gasteiger charge is 2.34. The van der Waals surface area contributed by atoms with E-state index in [9.17, 15) is 4.79 Å². The molecular formula is C26H22FN9O. The molecule has 1 fully saturated rings. The molecule has 2 N–H and O–H groups in total. The summed E-state index contributed by atoms with van der Waals surface area (Å²) in [6.45, 7) is 0.261. The number of nitrogen functional groups attached to an aromatic ring is 1. The van der Waals surface area contributed by atoms with Crippen LogP contribution in [0.3, 0.4) is 0 Å². The Balaban J connectivity index is 1.29. The van der Waals surface area contributed by atoms with E-state index >= 15 is 4.39 Å². The van der Waals surface area contributed by atoms with E-state index in [4.69, 9.17) is 5.73 Å². The van der Waals surface area contributed by atoms with Crippen molar-refractivity contribution in [3.05, 3.63) is 71.4 Å². The van der Waals surface area contributed by atoms with Gasteiger partial charge in [0.05, 0.1) is 40.4 Å². The molecule has 11 heteroatoms. The van der Waals surface area contributed by atoms with Crippen LogP contribution < -0.4 is 5.73 Å². The minimum Gasteiger partial charge on any atom is -0.383 e. The number of aromatic nitrogens is 7. The van der Waals surface area contributed by atoms with Crippen LogP contribution in [-0.2, 0) is 20.6 Å². The molecule has 1 amide bonds. The van der Waals surface area contributed by atoms with Crippen LogP contribution in [0, 0.1) is 17.7 Å². The van der Waals surface area contributed by atoms with Crippen molar-refractivity contribution in [3.8, 4) is 11.8 Å². The Labute approximate surface area is 210 Å². The number of carbonyl (C=O) groups excluding carboxylic acids is 1. The summed E-state index contributed by atoms with van der Waals surface area (Å²) in [4.78, 5) is 28.2. The van der Waals surface area contributed by atoms with E-state index in [0.717, 1.165) is 12.8 Å². The number of rotatable bonds is 4. The molecule has 1 aromatic carbocycles. The second-order valence-electron chi connectivity index (χ2n) is 9.07. The standard InChI is InChI=1S/C26H22FN9O/c1-34-14-30-23(33-34)8-4-15-3-5-16(29-11-15)13-36(17-6-7-17)26(37)18-9-19-22(10-21(18)27)32-25(28)20-12-31-35(2)24(19)20/h3,5,9-12,14,17H,6-7,13H2,1-2H3,(H2,28,32). The third-order valence-corrected chi connectivity index (χ3v) is 6.35. The Kier molecular flexibility index (Phi) is 5.30. The molecule has 0 radical (unpaired) electrons. The van der Waals surface area contributed by atoms with E-state index in [1.54, 1.807) is 53.1 Å². The maximum absolute atomic E-state index is 15.2. The van der Waals surface area contributed by atoms with Gasteiger partial charge in [-0.05, 0) is 37.0 Å². The summed E-state index contributed by atoms with van der Waals surface area (Å²) < 4.78 is 18.4. The molecule has 4 aromatic heterocycles. The first-order valence-electron chi connectivity index (χ1n) is 11.7. The van der Waals surface area contributed by atoms with E-state index in [1.807, 2.05) is 12.1 Å². The molecule has 1 saturated carbocycles. The molecule has 0 unspecified atom stereocenters. The van der Waals surface area contributed by atoms with Gasteiger partial charge in [0, 0.05) is 43.4 Å². The third kappa shape index (κ3) is 4.23. The Hall–Kier alpha value is -4.85. The molecule has 184 valence electrons. The molecule has 1 aliphatic carbocycles. The first-order chi connectivity index (χ1) is 17.9. The maximum Gasteiger partial charge on any atom is 0.257 e. The molecule has 0 atom stereocenters. The summed E-state index contributed by atoms with van der Waals surface area (Å²) in [7, 11) is 3.55. The van der Waals surface area contributed by atoms with Gasteiger partial charge < -0.3 is 10.6 Å². The summed E-state index contributed by atoms with van der Waals surface area (Å²) in [5.41, 5.74) is 8.49. The van der Waals surface area contributed by atoms with Crippen molar-refractivity contribution >= 4 is 33.5 Å². The zero-order valence-electron chi connectivity index (χ0n) is 20.2. The number of anilines is 1. The van der Waals surface area contributed by atoms with Gasteiger partial charge in [0.15, 0.2) is 0 Å². The van der Waals surface area contributed by atoms with Crippen LogP contribution in [0.2, 0.25) is 0 Å². The largest absolute Gasteiger partial charge is 0.383 e. The number of benzene rings is 1. The number of amides is 1. The predicted octanol–water partition coefficient (Wildman–Crippen LogP) is 2.57. The SMILES string of the molecule is Cn1cnc(C#Cc2ccc(CN(C(=O)c3cc4c(cc3F)nc(N)c3cnn(C)c34)C3CC3)nc2)n1. The van der Waals surface area contributed by atoms with E-state index in [2.05, 4.69) is 37.0 Å². The molecule has 0 bridgehead atoms. The van der Waals surface area contributed by atoms with Gasteiger partial charge in [-0.2, -0.15) is 5.10 Å². The summed E-state index contributed by atoms with van der Waals surface area (Å²) in [6, 6.07) is 6.51. The lowest BCUT2D eigenvalue weighted by Gasteiger charge is -2.22. The first-order valence-corrected chi connectivity index (χ1v) is 11.7. The van der Waals surface area contributed by atoms with Crippen molar-refractivity contribution in [1.82, 2.24) is 39.4 Å². The Morgan fingerprint density at radius 1 is 1.16 bits per heavy atom. The first kappa shape index (κ1) is 22.6. The highest BCUT2D eigenvalue weighted by Crippen LogP contribution is 2.33. The number of nitrogens with zero attached hydrogens (tertiary/aromatic N) is 8. The highest BCUT2D eigenvalue weighted by atomic mass is 19.1. The second kappa shape index (κ2) is 8.67. The van der Waals surface area contributed by atoms with Crippen LogP contribution in [0.15, 0.2) is 43.0 Å². The smallest absolute Gasteiger partial charge is 0.257 e. The average molecular weight is 496 g/mol. The molecule has 6 rings (SSSR count). The minimum absolute atomic E-state index is 0.0150. The zero-order chi connectivity index (χ0) is 25.7. The van der Waals surface area contributed by atoms with Gasteiger partial charge in [0.1, 0.15) is 18.0 Å². The van der Waals surface area contributed by atoms with Gasteiger partial charge >= 0.3 is 0 Å². The van der Waals surface area contributed by atoms with Crippen molar-refractivity contribution in [2.75, 3.05) is 5.73 Å². The second-order valence-corrected chi connectivity index (χ2v) is 9.07. The summed E-state index contributed by atoms with van der Waals surface area (Å²) in [5.74, 6) is 5.54. The highest BCUT2D eigenvalue weighted by molar-refractivity contribution is 6.10. The molecule has 0 aliphatic heterocycles. The van der Waals surface area contributed by atoms with Crippen LogP contribution in [0.1, 0.15) is 40.3 Å². The lowest BCUT2D eigenvalue weighted by molar-refractivity contribution is 0.0723. The maximum atomic E-state index is 15.2. The molecule has 5 aromatic rings. The van der Waals surface area contributed by atoms with E-state index in [-0.39, 0.29) is 29.9 Å². The monoisotopic (exact) mass is 495 g/mol. The number of fused-ring (bicyclic) bond motifs is 3. The number of carbonyl (C=O) groups is 1. The van der Waals surface area contributed by atoms with Crippen LogP contribution in [0.5, 0.6) is 0 Å². The fourth-order valence-corrected chi connectivity index (χ4v) is 4.34. The lowest BCUT2D eigenvalue weighted by Crippen LogP contribution is -2.33. The van der Waals surface area contributed by atoms with E-state index in [1.165, 1.54) is 6.07 Å². The number of halogens is 1. The lowest BCUT2D eigenvalue weighted by atomic mass is 10.1. The van der Waals surface area contributed by atoms with Gasteiger partial charge in [-0.15, -0.1) is 5.10 Å². The summed E-state index contributed by atoms with van der Waals surface area (Å²) >= 11 is 0. The quantitative estimate of drug-likeness (QED) is 0.381. The van der Waals surface area contributed by atoms with Gasteiger partial charge in [-0.25, -0.2) is 14.4 Å². The third-order valence-electron chi connectivity index (χ3n) is 6.35. The van der Waals surface area contributed by atoms with Crippen molar-refractivity contribution in [3.63, 3.8) is 0 Å². The molecular weight excluding hydrogens is 473 g/mol. The number of nitrogens with two attached hydrogens (primary N) is 1. The summed E-state index contributed by atoms with van der Waals surface area (Å²) in [6.07, 6.45) is 6.58. The van der Waals surface area contributed by atoms with Crippen LogP contribution in [0.25, 0.3) is 21.8 Å². The van der Waals surface area contributed by atoms with Crippen LogP contribution in [-0.4, -0.2) is 51.4 Å². The number of hydrogen-bond acceptors (Lipinski definition) is 7. The molecule has 0 saturated heterocycles. The minimum atomic E-state index is -0.640. The van der Waals surface area contributed by atoms with Crippen molar-refractivity contribution in [2.24, 2.45) is 14.1 Å². The van der Waals surface area contributed by atoms with Crippen LogP contribution >= 0.6 is 0 Å². The Morgan fingerprint density at radius 2 is 2.00 bits per heavy atom. The number of hydrogen-bond donors (Lipinski definition) is 1. The van der Waals surface area contributed by atoms with Crippen molar-refractivity contribution in [1.29, 1.82) is 0 Å². The van der Waals surface area contributed by atoms with Crippen molar-refractivity contribution in [2.45, 2.75) is 25.4 Å². The molecule has 4 heterocycles. The molecule has 1 aliphatic rings. The number of aryl methyl sites for hydroxylation is 2. The normalized spacial score (nSPS) is 13.1. The number of pyridine rings is 2. The fourth-order valence-electron chi connectivity index (χ4n) is 4.34. The zero-order valence-corrected chi connectivity index (χ0v) is 20.2. The Bertz CT molecular complexity index is 1740. The van der Waals surface area contributed by atoms with Gasteiger partial charge in [0.2, 0.25) is 5.82 Å². The van der Waals surface area contributed by atoms with Crippen molar-refractivity contribution < 1.29 is 9.18 Å². The van der Waals surface area contributed by atoms with Gasteiger partial charge in [-0.3, -0.25) is 19.1 Å². The molecule has 37 heavy (non-hydrogen) atoms. The Morgan fingerprint density at radius 3 is 2.70 bits per heavy atom. The van der Waals surface area contributed by atoms with E-state index in [0.29, 0.717) is 38.9 Å². The topological polar surface area (TPSA) is 121 Å². The molecule has 10 nitrogen and oxygen atoms in total. The van der Waals surface area contributed by atoms with Gasteiger partial charge in [-0.1, -0.05) is 5.92 Å².